The summed E-state index contributed by atoms with van der Waals surface area (Å²) < 4.78 is 31.6. The number of nitrogens with one attached hydrogen (secondary N) is 1. The predicted molar refractivity (Wildman–Crippen MR) is 92.7 cm³/mol. The summed E-state index contributed by atoms with van der Waals surface area (Å²) >= 11 is 0. The average molecular weight is 361 g/mol. The zero-order chi connectivity index (χ0) is 18.5. The first-order chi connectivity index (χ1) is 12.5. The molecule has 0 heterocycles. The van der Waals surface area contributed by atoms with E-state index in [4.69, 9.17) is 4.74 Å². The number of ether oxygens (including phenoxy) is 1. The van der Waals surface area contributed by atoms with Gasteiger partial charge in [0.15, 0.2) is 18.2 Å². The number of benzene rings is 2. The predicted octanol–water partition coefficient (Wildman–Crippen LogP) is 2.84. The largest absolute Gasteiger partial charge is 0.481 e. The van der Waals surface area contributed by atoms with Crippen molar-refractivity contribution in [2.45, 2.75) is 31.4 Å². The smallest absolute Gasteiger partial charge is 0.258 e. The van der Waals surface area contributed by atoms with Gasteiger partial charge in [0.25, 0.3) is 5.91 Å². The van der Waals surface area contributed by atoms with Crippen molar-refractivity contribution in [1.29, 1.82) is 0 Å². The Morgan fingerprint density at radius 2 is 1.92 bits per heavy atom. The SMILES string of the molecule is O=C(COc1ccc(F)cc1F)N[C@H](Cc1ccccc1)C1CC(O)C1. The Kier molecular flexibility index (Phi) is 5.83. The Hall–Kier alpha value is -2.47. The van der Waals surface area contributed by atoms with Crippen LogP contribution in [0.3, 0.4) is 0 Å². The molecule has 1 saturated carbocycles. The van der Waals surface area contributed by atoms with Crippen LogP contribution in [0.4, 0.5) is 8.78 Å². The molecule has 26 heavy (non-hydrogen) atoms. The van der Waals surface area contributed by atoms with Crippen LogP contribution in [-0.4, -0.2) is 29.8 Å². The van der Waals surface area contributed by atoms with Crippen molar-refractivity contribution < 1.29 is 23.4 Å². The van der Waals surface area contributed by atoms with E-state index in [1.165, 1.54) is 0 Å². The van der Waals surface area contributed by atoms with Crippen LogP contribution < -0.4 is 10.1 Å². The van der Waals surface area contributed by atoms with Gasteiger partial charge < -0.3 is 15.2 Å². The van der Waals surface area contributed by atoms with Crippen LogP contribution in [0.1, 0.15) is 18.4 Å². The molecule has 6 heteroatoms. The van der Waals surface area contributed by atoms with Gasteiger partial charge in [0.05, 0.1) is 6.10 Å². The summed E-state index contributed by atoms with van der Waals surface area (Å²) in [7, 11) is 0. The van der Waals surface area contributed by atoms with Crippen molar-refractivity contribution in [3.05, 3.63) is 65.7 Å². The van der Waals surface area contributed by atoms with Crippen molar-refractivity contribution in [3.8, 4) is 5.75 Å². The molecule has 0 aliphatic heterocycles. The highest BCUT2D eigenvalue weighted by molar-refractivity contribution is 5.78. The molecule has 2 N–H and O–H groups in total. The number of carbonyl (C=O) groups excluding carboxylic acids is 1. The maximum Gasteiger partial charge on any atom is 0.258 e. The molecule has 0 radical (unpaired) electrons. The van der Waals surface area contributed by atoms with Crippen LogP contribution in [0.15, 0.2) is 48.5 Å². The van der Waals surface area contributed by atoms with Crippen molar-refractivity contribution >= 4 is 5.91 Å². The average Bonchev–Trinajstić information content (AvgIpc) is 2.58. The summed E-state index contributed by atoms with van der Waals surface area (Å²) in [5.74, 6) is -1.90. The van der Waals surface area contributed by atoms with E-state index in [9.17, 15) is 18.7 Å². The number of halogens is 2. The molecule has 3 rings (SSSR count). The zero-order valence-electron chi connectivity index (χ0n) is 14.2. The second kappa shape index (κ2) is 8.27. The standard InChI is InChI=1S/C20H21F2NO3/c21-15-6-7-19(17(22)11-15)26-12-20(25)23-18(14-9-16(24)10-14)8-13-4-2-1-3-5-13/h1-7,11,14,16,18,24H,8-10,12H2,(H,23,25)/t14?,16?,18-/m1/s1. The second-order valence-electron chi connectivity index (χ2n) is 6.61. The van der Waals surface area contributed by atoms with Crippen LogP contribution in [0.25, 0.3) is 0 Å². The molecule has 138 valence electrons. The number of rotatable bonds is 7. The van der Waals surface area contributed by atoms with Crippen LogP contribution in [-0.2, 0) is 11.2 Å². The third-order valence-corrected chi connectivity index (χ3v) is 4.62. The van der Waals surface area contributed by atoms with E-state index in [1.807, 2.05) is 30.3 Å². The van der Waals surface area contributed by atoms with Gasteiger partial charge in [-0.15, -0.1) is 0 Å². The van der Waals surface area contributed by atoms with Gasteiger partial charge in [0, 0.05) is 12.1 Å². The molecule has 0 unspecified atom stereocenters. The summed E-state index contributed by atoms with van der Waals surface area (Å²) in [6.07, 6.45) is 1.62. The van der Waals surface area contributed by atoms with Gasteiger partial charge >= 0.3 is 0 Å². The number of carbonyl (C=O) groups is 1. The van der Waals surface area contributed by atoms with Gasteiger partial charge in [0.1, 0.15) is 5.82 Å². The molecule has 2 aromatic rings. The van der Waals surface area contributed by atoms with Crippen LogP contribution in [0.5, 0.6) is 5.75 Å². The molecular formula is C20H21F2NO3. The quantitative estimate of drug-likeness (QED) is 0.797. The first-order valence-corrected chi connectivity index (χ1v) is 8.60. The highest BCUT2D eigenvalue weighted by atomic mass is 19.1. The highest BCUT2D eigenvalue weighted by Crippen LogP contribution is 2.31. The Balaban J connectivity index is 1.58. The maximum atomic E-state index is 13.6. The molecule has 1 atom stereocenters. The van der Waals surface area contributed by atoms with Crippen LogP contribution >= 0.6 is 0 Å². The van der Waals surface area contributed by atoms with Crippen molar-refractivity contribution in [2.75, 3.05) is 6.61 Å². The number of hydrogen-bond acceptors (Lipinski definition) is 3. The molecular weight excluding hydrogens is 340 g/mol. The summed E-state index contributed by atoms with van der Waals surface area (Å²) in [5, 5.41) is 12.5. The fourth-order valence-corrected chi connectivity index (χ4v) is 3.15. The third kappa shape index (κ3) is 4.79. The third-order valence-electron chi connectivity index (χ3n) is 4.62. The molecule has 1 amide bonds. The van der Waals surface area contributed by atoms with Gasteiger partial charge in [0.2, 0.25) is 0 Å². The van der Waals surface area contributed by atoms with Crippen LogP contribution in [0, 0.1) is 17.6 Å². The van der Waals surface area contributed by atoms with E-state index in [0.717, 1.165) is 17.7 Å². The van der Waals surface area contributed by atoms with Gasteiger partial charge in [-0.05, 0) is 42.9 Å². The monoisotopic (exact) mass is 361 g/mol. The zero-order valence-corrected chi connectivity index (χ0v) is 14.2. The normalized spacial score (nSPS) is 20.1. The minimum Gasteiger partial charge on any atom is -0.481 e. The molecule has 1 aliphatic rings. The van der Waals surface area contributed by atoms with E-state index in [-0.39, 0.29) is 36.3 Å². The first-order valence-electron chi connectivity index (χ1n) is 8.60. The lowest BCUT2D eigenvalue weighted by atomic mass is 9.75. The second-order valence-corrected chi connectivity index (χ2v) is 6.61. The Morgan fingerprint density at radius 1 is 1.19 bits per heavy atom. The molecule has 4 nitrogen and oxygen atoms in total. The number of hydrogen-bond donors (Lipinski definition) is 2. The Labute approximate surface area is 150 Å². The van der Waals surface area contributed by atoms with E-state index in [1.54, 1.807) is 0 Å². The molecule has 2 aromatic carbocycles. The van der Waals surface area contributed by atoms with Crippen LogP contribution in [0.2, 0.25) is 0 Å². The maximum absolute atomic E-state index is 13.6. The minimum absolute atomic E-state index is 0.130. The van der Waals surface area contributed by atoms with Crippen molar-refractivity contribution in [2.24, 2.45) is 5.92 Å². The summed E-state index contributed by atoms with van der Waals surface area (Å²) in [6.45, 7) is -0.358. The molecule has 0 saturated heterocycles. The van der Waals surface area contributed by atoms with E-state index >= 15 is 0 Å². The fraction of sp³-hybridized carbons (Fsp3) is 0.350. The fourth-order valence-electron chi connectivity index (χ4n) is 3.15. The topological polar surface area (TPSA) is 58.6 Å². The van der Waals surface area contributed by atoms with Gasteiger partial charge in [-0.25, -0.2) is 8.78 Å². The molecule has 0 aromatic heterocycles. The lowest BCUT2D eigenvalue weighted by Crippen LogP contribution is -2.49. The Morgan fingerprint density at radius 3 is 2.58 bits per heavy atom. The summed E-state index contributed by atoms with van der Waals surface area (Å²) in [5.41, 5.74) is 1.09. The number of aliphatic hydroxyl groups excluding tert-OH is 1. The number of aliphatic hydroxyl groups is 1. The number of amides is 1. The van der Waals surface area contributed by atoms with Crippen molar-refractivity contribution in [1.82, 2.24) is 5.32 Å². The van der Waals surface area contributed by atoms with E-state index in [0.29, 0.717) is 25.3 Å². The van der Waals surface area contributed by atoms with Gasteiger partial charge in [-0.2, -0.15) is 0 Å². The lowest BCUT2D eigenvalue weighted by Gasteiger charge is -2.38. The summed E-state index contributed by atoms with van der Waals surface area (Å²) in [4.78, 5) is 12.2. The summed E-state index contributed by atoms with van der Waals surface area (Å²) in [6, 6.07) is 12.6. The lowest BCUT2D eigenvalue weighted by molar-refractivity contribution is -0.125. The molecule has 1 aliphatic carbocycles. The molecule has 1 fully saturated rings. The van der Waals surface area contributed by atoms with Gasteiger partial charge in [-0.1, -0.05) is 30.3 Å². The Bertz CT molecular complexity index is 748. The molecule has 0 spiro atoms. The molecule has 0 bridgehead atoms. The van der Waals surface area contributed by atoms with Gasteiger partial charge in [-0.3, -0.25) is 4.79 Å². The minimum atomic E-state index is -0.847. The van der Waals surface area contributed by atoms with E-state index in [2.05, 4.69) is 5.32 Å². The highest BCUT2D eigenvalue weighted by Gasteiger charge is 2.34. The van der Waals surface area contributed by atoms with Crippen molar-refractivity contribution in [3.63, 3.8) is 0 Å². The van der Waals surface area contributed by atoms with E-state index < -0.39 is 11.6 Å². The first kappa shape index (κ1) is 18.3.